The average Bonchev–Trinajstić information content (AvgIpc) is 2.98. The molecule has 0 atom stereocenters. The summed E-state index contributed by atoms with van der Waals surface area (Å²) < 4.78 is 5.32. The molecular weight excluding hydrogens is 406 g/mol. The zero-order valence-corrected chi connectivity index (χ0v) is 18.0. The molecular formula is C21H25N3O3S2. The highest BCUT2D eigenvalue weighted by Crippen LogP contribution is 2.37. The first kappa shape index (κ1) is 21.3. The van der Waals surface area contributed by atoms with Crippen molar-refractivity contribution in [2.24, 2.45) is 5.73 Å². The number of benzene rings is 1. The van der Waals surface area contributed by atoms with Crippen LogP contribution in [0.15, 0.2) is 24.3 Å². The van der Waals surface area contributed by atoms with Crippen LogP contribution in [-0.2, 0) is 17.6 Å². The van der Waals surface area contributed by atoms with E-state index >= 15 is 0 Å². The monoisotopic (exact) mass is 431 g/mol. The molecule has 29 heavy (non-hydrogen) atoms. The first-order valence-electron chi connectivity index (χ1n) is 9.79. The topological polar surface area (TPSA) is 93.4 Å². The molecule has 0 fully saturated rings. The molecule has 0 saturated heterocycles. The Bertz CT molecular complexity index is 907. The summed E-state index contributed by atoms with van der Waals surface area (Å²) in [6.07, 6.45) is 6.46. The van der Waals surface area contributed by atoms with Crippen LogP contribution in [0.2, 0.25) is 0 Å². The van der Waals surface area contributed by atoms with Gasteiger partial charge in [0.1, 0.15) is 5.00 Å². The van der Waals surface area contributed by atoms with E-state index in [1.165, 1.54) is 17.7 Å². The quantitative estimate of drug-likeness (QED) is 0.477. The number of nitrogens with two attached hydrogens (primary N) is 1. The third-order valence-corrected chi connectivity index (χ3v) is 6.22. The maximum absolute atomic E-state index is 12.7. The summed E-state index contributed by atoms with van der Waals surface area (Å²) in [6.45, 7) is 2.14. The standard InChI is InChI=1S/C21H25N3O3S2/c1-2-27-20(26)17-15-7-5-3-4-6-8-16(15)29-19(17)24-21(28)23-14-11-9-13(10-12-14)18(22)25/h9-12H,2-8H2,1H3,(H2,22,25)(H2,23,24,28). The molecule has 1 aliphatic carbocycles. The number of anilines is 2. The van der Waals surface area contributed by atoms with Crippen molar-refractivity contribution in [3.63, 3.8) is 0 Å². The molecule has 1 heterocycles. The Morgan fingerprint density at radius 2 is 1.79 bits per heavy atom. The highest BCUT2D eigenvalue weighted by atomic mass is 32.1. The molecule has 8 heteroatoms. The number of thiocarbonyl (C=S) groups is 1. The number of ether oxygens (including phenoxy) is 1. The van der Waals surface area contributed by atoms with Crippen molar-refractivity contribution in [3.05, 3.63) is 45.8 Å². The van der Waals surface area contributed by atoms with Gasteiger partial charge in [-0.3, -0.25) is 4.79 Å². The molecule has 4 N–H and O–H groups in total. The molecule has 0 saturated carbocycles. The van der Waals surface area contributed by atoms with Gasteiger partial charge in [0.05, 0.1) is 12.2 Å². The van der Waals surface area contributed by atoms with Gasteiger partial charge in [-0.05, 0) is 74.7 Å². The molecule has 154 valence electrons. The fourth-order valence-corrected chi connectivity index (χ4v) is 4.98. The van der Waals surface area contributed by atoms with Gasteiger partial charge in [0.2, 0.25) is 5.91 Å². The highest BCUT2D eigenvalue weighted by Gasteiger charge is 2.25. The van der Waals surface area contributed by atoms with Crippen molar-refractivity contribution < 1.29 is 14.3 Å². The molecule has 0 bridgehead atoms. The predicted molar refractivity (Wildman–Crippen MR) is 121 cm³/mol. The lowest BCUT2D eigenvalue weighted by Crippen LogP contribution is -2.20. The Balaban J connectivity index is 1.81. The Hall–Kier alpha value is -2.45. The van der Waals surface area contributed by atoms with Crippen molar-refractivity contribution in [3.8, 4) is 0 Å². The minimum Gasteiger partial charge on any atom is -0.462 e. The number of carbonyl (C=O) groups excluding carboxylic acids is 2. The van der Waals surface area contributed by atoms with Gasteiger partial charge in [0, 0.05) is 16.1 Å². The van der Waals surface area contributed by atoms with Crippen molar-refractivity contribution in [1.29, 1.82) is 0 Å². The number of carbonyl (C=O) groups is 2. The summed E-state index contributed by atoms with van der Waals surface area (Å²) in [4.78, 5) is 25.1. The largest absolute Gasteiger partial charge is 0.462 e. The van der Waals surface area contributed by atoms with E-state index in [4.69, 9.17) is 22.7 Å². The number of primary amides is 1. The second-order valence-electron chi connectivity index (χ2n) is 6.86. The Kier molecular flexibility index (Phi) is 7.22. The van der Waals surface area contributed by atoms with Crippen LogP contribution >= 0.6 is 23.6 Å². The summed E-state index contributed by atoms with van der Waals surface area (Å²) in [7, 11) is 0. The van der Waals surface area contributed by atoms with Gasteiger partial charge < -0.3 is 21.1 Å². The molecule has 3 rings (SSSR count). The van der Waals surface area contributed by atoms with Crippen LogP contribution in [0.5, 0.6) is 0 Å². The lowest BCUT2D eigenvalue weighted by atomic mass is 9.96. The van der Waals surface area contributed by atoms with E-state index in [1.807, 2.05) is 6.92 Å². The smallest absolute Gasteiger partial charge is 0.341 e. The second kappa shape index (κ2) is 9.84. The molecule has 1 aliphatic rings. The van der Waals surface area contributed by atoms with E-state index in [9.17, 15) is 9.59 Å². The predicted octanol–water partition coefficient (Wildman–Crippen LogP) is 4.49. The molecule has 1 aromatic heterocycles. The van der Waals surface area contributed by atoms with Crippen LogP contribution in [0.3, 0.4) is 0 Å². The van der Waals surface area contributed by atoms with Crippen LogP contribution < -0.4 is 16.4 Å². The van der Waals surface area contributed by atoms with E-state index in [0.29, 0.717) is 22.8 Å². The number of hydrogen-bond acceptors (Lipinski definition) is 5. The van der Waals surface area contributed by atoms with Crippen molar-refractivity contribution in [2.45, 2.75) is 45.4 Å². The Labute approximate surface area is 179 Å². The summed E-state index contributed by atoms with van der Waals surface area (Å²) in [5.74, 6) is -0.783. The normalized spacial score (nSPS) is 13.6. The summed E-state index contributed by atoms with van der Waals surface area (Å²) in [6, 6.07) is 6.73. The van der Waals surface area contributed by atoms with E-state index in [1.54, 1.807) is 35.6 Å². The van der Waals surface area contributed by atoms with Gasteiger partial charge in [-0.15, -0.1) is 11.3 Å². The number of aryl methyl sites for hydroxylation is 1. The molecule has 2 aromatic rings. The van der Waals surface area contributed by atoms with Gasteiger partial charge in [0.15, 0.2) is 5.11 Å². The van der Waals surface area contributed by atoms with Crippen LogP contribution in [0, 0.1) is 0 Å². The minimum absolute atomic E-state index is 0.304. The fraction of sp³-hybridized carbons (Fsp3) is 0.381. The van der Waals surface area contributed by atoms with Crippen LogP contribution in [-0.4, -0.2) is 23.6 Å². The third kappa shape index (κ3) is 5.33. The third-order valence-electron chi connectivity index (χ3n) is 4.81. The van der Waals surface area contributed by atoms with Gasteiger partial charge in [-0.1, -0.05) is 12.8 Å². The second-order valence-corrected chi connectivity index (χ2v) is 8.38. The van der Waals surface area contributed by atoms with E-state index in [2.05, 4.69) is 10.6 Å². The van der Waals surface area contributed by atoms with Gasteiger partial charge >= 0.3 is 5.97 Å². The lowest BCUT2D eigenvalue weighted by molar-refractivity contribution is 0.0526. The van der Waals surface area contributed by atoms with E-state index < -0.39 is 5.91 Å². The zero-order valence-electron chi connectivity index (χ0n) is 16.4. The van der Waals surface area contributed by atoms with E-state index in [-0.39, 0.29) is 5.97 Å². The maximum Gasteiger partial charge on any atom is 0.341 e. The molecule has 0 radical (unpaired) electrons. The zero-order chi connectivity index (χ0) is 20.8. The van der Waals surface area contributed by atoms with Crippen molar-refractivity contribution in [2.75, 3.05) is 17.2 Å². The SMILES string of the molecule is CCOC(=O)c1c(NC(=S)Nc2ccc(C(N)=O)cc2)sc2c1CCCCCC2. The van der Waals surface area contributed by atoms with Crippen molar-refractivity contribution in [1.82, 2.24) is 0 Å². The van der Waals surface area contributed by atoms with E-state index in [0.717, 1.165) is 41.9 Å². The number of thiophene rings is 1. The number of esters is 1. The van der Waals surface area contributed by atoms with Crippen LogP contribution in [0.1, 0.15) is 63.8 Å². The number of rotatable bonds is 5. The van der Waals surface area contributed by atoms with Gasteiger partial charge in [0.25, 0.3) is 0 Å². The number of hydrogen-bond donors (Lipinski definition) is 3. The number of amides is 1. The molecule has 0 unspecified atom stereocenters. The molecule has 6 nitrogen and oxygen atoms in total. The molecule has 1 amide bonds. The number of fused-ring (bicyclic) bond motifs is 1. The van der Waals surface area contributed by atoms with Crippen molar-refractivity contribution >= 4 is 51.2 Å². The summed E-state index contributed by atoms with van der Waals surface area (Å²) in [5.41, 5.74) is 8.13. The Morgan fingerprint density at radius 1 is 1.10 bits per heavy atom. The molecule has 0 spiro atoms. The highest BCUT2D eigenvalue weighted by molar-refractivity contribution is 7.80. The van der Waals surface area contributed by atoms with Crippen LogP contribution in [0.4, 0.5) is 10.7 Å². The Morgan fingerprint density at radius 3 is 2.45 bits per heavy atom. The first-order chi connectivity index (χ1) is 14.0. The first-order valence-corrected chi connectivity index (χ1v) is 11.0. The van der Waals surface area contributed by atoms with Gasteiger partial charge in [-0.2, -0.15) is 0 Å². The number of nitrogens with one attached hydrogen (secondary N) is 2. The lowest BCUT2D eigenvalue weighted by Gasteiger charge is -2.13. The van der Waals surface area contributed by atoms with Gasteiger partial charge in [-0.25, -0.2) is 4.79 Å². The maximum atomic E-state index is 12.7. The fourth-order valence-electron chi connectivity index (χ4n) is 3.41. The van der Waals surface area contributed by atoms with Crippen LogP contribution in [0.25, 0.3) is 0 Å². The molecule has 1 aromatic carbocycles. The summed E-state index contributed by atoms with van der Waals surface area (Å²) >= 11 is 7.03. The summed E-state index contributed by atoms with van der Waals surface area (Å²) in [5, 5.41) is 7.36. The average molecular weight is 432 g/mol. The molecule has 0 aliphatic heterocycles. The minimum atomic E-state index is -0.479.